The van der Waals surface area contributed by atoms with Gasteiger partial charge in [0.05, 0.1) is 17.4 Å². The summed E-state index contributed by atoms with van der Waals surface area (Å²) in [6, 6.07) is 9.05. The number of nitrogens with zero attached hydrogens (tertiary/aromatic N) is 3. The molecule has 1 aromatic carbocycles. The van der Waals surface area contributed by atoms with Gasteiger partial charge in [-0.3, -0.25) is 14.4 Å². The third kappa shape index (κ3) is 5.03. The van der Waals surface area contributed by atoms with Crippen LogP contribution in [0.2, 0.25) is 0 Å². The number of benzene rings is 1. The zero-order valence-electron chi connectivity index (χ0n) is 24.9. The number of hydrogen-bond donors (Lipinski definition) is 1. The molecule has 2 fully saturated rings. The molecule has 0 aromatic heterocycles. The second kappa shape index (κ2) is 11.4. The van der Waals surface area contributed by atoms with E-state index in [1.165, 1.54) is 0 Å². The maximum atomic E-state index is 14.5. The van der Waals surface area contributed by atoms with Crippen LogP contribution in [0.15, 0.2) is 54.6 Å². The van der Waals surface area contributed by atoms with Crippen LogP contribution in [0.25, 0.3) is 0 Å². The number of carbonyl (C=O) groups is 3. The van der Waals surface area contributed by atoms with E-state index in [0.29, 0.717) is 39.0 Å². The molecule has 222 valence electrons. The molecule has 1 aromatic rings. The summed E-state index contributed by atoms with van der Waals surface area (Å²) in [7, 11) is 0. The van der Waals surface area contributed by atoms with Crippen molar-refractivity contribution in [2.45, 2.75) is 89.1 Å². The van der Waals surface area contributed by atoms with Crippen LogP contribution < -0.4 is 0 Å². The Morgan fingerprint density at radius 1 is 0.902 bits per heavy atom. The van der Waals surface area contributed by atoms with E-state index < -0.39 is 34.6 Å². The Morgan fingerprint density at radius 2 is 1.61 bits per heavy atom. The lowest BCUT2D eigenvalue weighted by molar-refractivity contribution is -0.156. The van der Waals surface area contributed by atoms with Crippen LogP contribution in [-0.4, -0.2) is 86.6 Å². The van der Waals surface area contributed by atoms with Crippen LogP contribution in [0.3, 0.4) is 0 Å². The van der Waals surface area contributed by atoms with Crippen molar-refractivity contribution < 1.29 is 24.2 Å². The molecule has 1 N–H and O–H groups in total. The van der Waals surface area contributed by atoms with Crippen LogP contribution in [0.5, 0.6) is 0 Å². The number of rotatable bonds is 9. The molecule has 0 bridgehead atoms. The third-order valence-corrected chi connectivity index (χ3v) is 9.36. The van der Waals surface area contributed by atoms with E-state index in [0.717, 1.165) is 24.8 Å². The van der Waals surface area contributed by atoms with Crippen LogP contribution in [-0.2, 0) is 25.7 Å². The Morgan fingerprint density at radius 3 is 2.29 bits per heavy atom. The van der Waals surface area contributed by atoms with Gasteiger partial charge in [0, 0.05) is 38.3 Å². The van der Waals surface area contributed by atoms with Gasteiger partial charge in [0.2, 0.25) is 17.7 Å². The van der Waals surface area contributed by atoms with Gasteiger partial charge in [0.25, 0.3) is 0 Å². The number of fused-ring (bicyclic) bond motifs is 2. The molecular weight excluding hydrogens is 518 g/mol. The predicted octanol–water partition coefficient (Wildman–Crippen LogP) is 3.70. The van der Waals surface area contributed by atoms with E-state index in [9.17, 15) is 19.5 Å². The molecule has 0 saturated carbocycles. The number of carbonyl (C=O) groups excluding carboxylic acids is 3. The number of unbranched alkanes of at least 4 members (excludes halogenated alkanes) is 3. The smallest absolute Gasteiger partial charge is 0.249 e. The molecule has 1 unspecified atom stereocenters. The molecule has 0 radical (unpaired) electrons. The molecule has 5 atom stereocenters. The Hall–Kier alpha value is -2.97. The van der Waals surface area contributed by atoms with Crippen molar-refractivity contribution in [2.24, 2.45) is 11.8 Å². The first-order valence-corrected chi connectivity index (χ1v) is 15.2. The van der Waals surface area contributed by atoms with Gasteiger partial charge in [-0.2, -0.15) is 0 Å². The molecule has 0 aliphatic carbocycles. The van der Waals surface area contributed by atoms with Crippen molar-refractivity contribution in [3.8, 4) is 0 Å². The Labute approximate surface area is 244 Å². The van der Waals surface area contributed by atoms with E-state index in [1.807, 2.05) is 92.1 Å². The molecule has 8 nitrogen and oxygen atoms in total. The summed E-state index contributed by atoms with van der Waals surface area (Å²) >= 11 is 0. The minimum Gasteiger partial charge on any atom is -0.396 e. The van der Waals surface area contributed by atoms with Gasteiger partial charge >= 0.3 is 0 Å². The van der Waals surface area contributed by atoms with E-state index in [1.54, 1.807) is 4.90 Å². The van der Waals surface area contributed by atoms with Crippen molar-refractivity contribution in [3.63, 3.8) is 0 Å². The van der Waals surface area contributed by atoms with Gasteiger partial charge in [-0.15, -0.1) is 0 Å². The molecule has 41 heavy (non-hydrogen) atoms. The van der Waals surface area contributed by atoms with E-state index in [4.69, 9.17) is 4.74 Å². The van der Waals surface area contributed by atoms with E-state index >= 15 is 0 Å². The zero-order chi connectivity index (χ0) is 29.4. The van der Waals surface area contributed by atoms with Gasteiger partial charge < -0.3 is 24.5 Å². The minimum absolute atomic E-state index is 0.0998. The van der Waals surface area contributed by atoms with E-state index in [-0.39, 0.29) is 24.3 Å². The zero-order valence-corrected chi connectivity index (χ0v) is 24.9. The summed E-state index contributed by atoms with van der Waals surface area (Å²) in [4.78, 5) is 48.8. The second-order valence-corrected chi connectivity index (χ2v) is 12.9. The van der Waals surface area contributed by atoms with Crippen molar-refractivity contribution in [1.82, 2.24) is 14.7 Å². The summed E-state index contributed by atoms with van der Waals surface area (Å²) in [5, 5.41) is 9.19. The van der Waals surface area contributed by atoms with Crippen LogP contribution in [0.1, 0.15) is 65.4 Å². The van der Waals surface area contributed by atoms with Crippen molar-refractivity contribution >= 4 is 17.7 Å². The predicted molar refractivity (Wildman–Crippen MR) is 156 cm³/mol. The Balaban J connectivity index is 1.56. The number of aliphatic hydroxyl groups is 1. The summed E-state index contributed by atoms with van der Waals surface area (Å²) < 4.78 is 7.06. The molecule has 8 heteroatoms. The molecule has 4 aliphatic rings. The monoisotopic (exact) mass is 563 g/mol. The average Bonchev–Trinajstić information content (AvgIpc) is 3.22. The first-order chi connectivity index (χ1) is 19.6. The normalized spacial score (nSPS) is 31.3. The van der Waals surface area contributed by atoms with Gasteiger partial charge in [-0.25, -0.2) is 0 Å². The van der Waals surface area contributed by atoms with E-state index in [2.05, 4.69) is 0 Å². The van der Waals surface area contributed by atoms with Gasteiger partial charge in [-0.1, -0.05) is 74.4 Å². The number of aliphatic hydroxyl groups excluding tert-OH is 1. The SMILES string of the molecule is CC[C@]12C=CCN(Cc3ccccc3)C(=O)[C@H]1[C@H]1C(=O)N(CCCCCCO)C3C(=O)N(C(C)(C)C)CC=C[C@@]31O2. The van der Waals surface area contributed by atoms with Crippen molar-refractivity contribution in [3.05, 3.63) is 60.2 Å². The second-order valence-electron chi connectivity index (χ2n) is 12.9. The van der Waals surface area contributed by atoms with Crippen molar-refractivity contribution in [1.29, 1.82) is 0 Å². The molecule has 1 spiro atoms. The topological polar surface area (TPSA) is 90.4 Å². The first-order valence-electron chi connectivity index (χ1n) is 15.2. The fourth-order valence-corrected chi connectivity index (χ4v) is 7.35. The highest BCUT2D eigenvalue weighted by atomic mass is 16.5. The number of ether oxygens (including phenoxy) is 1. The van der Waals surface area contributed by atoms with Crippen molar-refractivity contribution in [2.75, 3.05) is 26.2 Å². The van der Waals surface area contributed by atoms with Gasteiger partial charge in [-0.05, 0) is 45.6 Å². The molecule has 2 saturated heterocycles. The highest BCUT2D eigenvalue weighted by molar-refractivity contribution is 6.00. The number of hydrogen-bond acceptors (Lipinski definition) is 5. The quantitative estimate of drug-likeness (QED) is 0.366. The van der Waals surface area contributed by atoms with Crippen LogP contribution >= 0.6 is 0 Å². The molecular formula is C33H45N3O5. The number of amides is 3. The lowest BCUT2D eigenvalue weighted by Gasteiger charge is -2.41. The maximum absolute atomic E-state index is 14.5. The fraction of sp³-hybridized carbons (Fsp3) is 0.606. The van der Waals surface area contributed by atoms with Crippen LogP contribution in [0, 0.1) is 11.8 Å². The summed E-state index contributed by atoms with van der Waals surface area (Å²) in [5.41, 5.74) is -1.63. The lowest BCUT2D eigenvalue weighted by Crippen LogP contribution is -2.59. The fourth-order valence-electron chi connectivity index (χ4n) is 7.35. The third-order valence-electron chi connectivity index (χ3n) is 9.36. The molecule has 4 heterocycles. The molecule has 3 amide bonds. The lowest BCUT2D eigenvalue weighted by atomic mass is 9.73. The molecule has 5 rings (SSSR count). The van der Waals surface area contributed by atoms with Gasteiger partial charge in [0.15, 0.2) is 0 Å². The summed E-state index contributed by atoms with van der Waals surface area (Å²) in [5.74, 6) is -1.93. The highest BCUT2D eigenvalue weighted by Crippen LogP contribution is 2.58. The number of likely N-dealkylation sites (tertiary alicyclic amines) is 1. The van der Waals surface area contributed by atoms with Gasteiger partial charge in [0.1, 0.15) is 11.6 Å². The first kappa shape index (κ1) is 29.5. The van der Waals surface area contributed by atoms with Crippen LogP contribution in [0.4, 0.5) is 0 Å². The minimum atomic E-state index is -1.23. The Bertz CT molecular complexity index is 1210. The largest absolute Gasteiger partial charge is 0.396 e. The summed E-state index contributed by atoms with van der Waals surface area (Å²) in [6.07, 6.45) is 11.5. The highest BCUT2D eigenvalue weighted by Gasteiger charge is 2.75. The maximum Gasteiger partial charge on any atom is 0.249 e. The average molecular weight is 564 g/mol. The Kier molecular flexibility index (Phi) is 8.18. The summed E-state index contributed by atoms with van der Waals surface area (Å²) in [6.45, 7) is 9.87. The molecule has 4 aliphatic heterocycles. The standard InChI is InChI=1S/C33H45N3O5/c1-5-32-17-13-19-34(23-24-15-9-8-10-16-24)28(38)25(32)26-29(39)35(20-11-6-7-12-22-37)27-30(40)36(31(2,3)4)21-14-18-33(26,27)41-32/h8-10,13-18,25-27,37H,5-7,11-12,19-23H2,1-4H3/t25-,26+,27?,32+,33+/m1/s1.